The third kappa shape index (κ3) is 2.28. The monoisotopic (exact) mass is 328 g/mol. The van der Waals surface area contributed by atoms with Crippen molar-refractivity contribution in [2.24, 2.45) is 0 Å². The number of thiazole rings is 1. The van der Waals surface area contributed by atoms with Crippen molar-refractivity contribution in [3.8, 4) is 0 Å². The van der Waals surface area contributed by atoms with Gasteiger partial charge in [0, 0.05) is 24.8 Å². The zero-order valence-corrected chi connectivity index (χ0v) is 12.1. The van der Waals surface area contributed by atoms with Crippen LogP contribution < -0.4 is 4.90 Å². The average molecular weight is 328 g/mol. The molecule has 0 aliphatic heterocycles. The number of rotatable bonds is 5. The molecule has 3 rings (SSSR count). The number of alkyl halides is 2. The molecule has 0 aliphatic carbocycles. The maximum Gasteiger partial charge on any atom is 0.373 e. The number of nitrogens with zero attached hydrogens (tertiary/aromatic N) is 6. The number of hydrogen-bond donors (Lipinski definition) is 0. The maximum atomic E-state index is 12.8. The second-order valence-electron chi connectivity index (χ2n) is 4.46. The summed E-state index contributed by atoms with van der Waals surface area (Å²) < 4.78 is 27.7. The number of nitro groups is 1. The third-order valence-electron chi connectivity index (χ3n) is 3.09. The number of aromatic nitrogens is 4. The predicted molar refractivity (Wildman–Crippen MR) is 75.3 cm³/mol. The largest absolute Gasteiger partial charge is 0.373 e. The molecule has 11 heteroatoms. The molecule has 0 N–H and O–H groups in total. The fourth-order valence-corrected chi connectivity index (χ4v) is 2.82. The first-order chi connectivity index (χ1) is 10.5. The lowest BCUT2D eigenvalue weighted by Crippen LogP contribution is -2.21. The molecule has 0 saturated heterocycles. The molecule has 0 spiro atoms. The lowest BCUT2D eigenvalue weighted by molar-refractivity contribution is -0.389. The normalized spacial score (nSPS) is 11.5. The van der Waals surface area contributed by atoms with Crippen LogP contribution >= 0.6 is 11.3 Å². The van der Waals surface area contributed by atoms with Gasteiger partial charge in [0.15, 0.2) is 0 Å². The standard InChI is InChI=1S/C11H10F2N6O2S/c1-16(6-7-14-2-3-17(7)10(12)13)8-9(19(20)21)18-4-5-22-11(18)15-8/h2-5,10H,6H2,1H3. The third-order valence-corrected chi connectivity index (χ3v) is 3.85. The fourth-order valence-electron chi connectivity index (χ4n) is 2.12. The Bertz CT molecular complexity index is 826. The molecule has 3 aromatic heterocycles. The van der Waals surface area contributed by atoms with Crippen molar-refractivity contribution in [3.05, 3.63) is 39.9 Å². The minimum absolute atomic E-state index is 0.0248. The summed E-state index contributed by atoms with van der Waals surface area (Å²) in [5.41, 5.74) is 0. The number of halogens is 2. The Morgan fingerprint density at radius 2 is 2.27 bits per heavy atom. The molecular formula is C11H10F2N6O2S. The Morgan fingerprint density at radius 1 is 1.50 bits per heavy atom. The van der Waals surface area contributed by atoms with Crippen LogP contribution in [0.3, 0.4) is 0 Å². The summed E-state index contributed by atoms with van der Waals surface area (Å²) >= 11 is 1.25. The van der Waals surface area contributed by atoms with Gasteiger partial charge in [-0.25, -0.2) is 4.98 Å². The first kappa shape index (κ1) is 14.4. The molecule has 0 amide bonds. The van der Waals surface area contributed by atoms with Gasteiger partial charge in [-0.15, -0.1) is 0 Å². The van der Waals surface area contributed by atoms with Gasteiger partial charge in [-0.05, 0) is 4.92 Å². The molecular weight excluding hydrogens is 318 g/mol. The van der Waals surface area contributed by atoms with Gasteiger partial charge in [0.1, 0.15) is 12.0 Å². The minimum Gasteiger partial charge on any atom is -0.358 e. The van der Waals surface area contributed by atoms with Gasteiger partial charge in [0.2, 0.25) is 5.82 Å². The van der Waals surface area contributed by atoms with E-state index in [-0.39, 0.29) is 24.0 Å². The molecule has 8 nitrogen and oxygen atoms in total. The molecule has 0 radical (unpaired) electrons. The molecule has 3 heterocycles. The number of fused-ring (bicyclic) bond motifs is 1. The van der Waals surface area contributed by atoms with E-state index < -0.39 is 11.5 Å². The van der Waals surface area contributed by atoms with E-state index in [4.69, 9.17) is 0 Å². The Balaban J connectivity index is 1.96. The summed E-state index contributed by atoms with van der Waals surface area (Å²) in [6.07, 6.45) is 3.96. The number of hydrogen-bond acceptors (Lipinski definition) is 6. The van der Waals surface area contributed by atoms with E-state index >= 15 is 0 Å². The van der Waals surface area contributed by atoms with E-state index in [0.29, 0.717) is 9.53 Å². The van der Waals surface area contributed by atoms with Gasteiger partial charge in [-0.1, -0.05) is 11.3 Å². The highest BCUT2D eigenvalue weighted by Crippen LogP contribution is 2.31. The molecule has 0 atom stereocenters. The number of imidazole rings is 2. The van der Waals surface area contributed by atoms with Crippen LogP contribution in [0.5, 0.6) is 0 Å². The highest BCUT2D eigenvalue weighted by atomic mass is 32.1. The first-order valence-electron chi connectivity index (χ1n) is 6.10. The smallest absolute Gasteiger partial charge is 0.358 e. The van der Waals surface area contributed by atoms with Crippen molar-refractivity contribution in [1.29, 1.82) is 0 Å². The van der Waals surface area contributed by atoms with Crippen LogP contribution in [0.1, 0.15) is 12.4 Å². The van der Waals surface area contributed by atoms with Crippen molar-refractivity contribution < 1.29 is 13.7 Å². The van der Waals surface area contributed by atoms with Crippen molar-refractivity contribution >= 4 is 27.9 Å². The highest BCUT2D eigenvalue weighted by Gasteiger charge is 2.27. The van der Waals surface area contributed by atoms with Crippen LogP contribution in [0.4, 0.5) is 20.4 Å². The molecule has 0 unspecified atom stereocenters. The van der Waals surface area contributed by atoms with E-state index in [1.807, 2.05) is 0 Å². The van der Waals surface area contributed by atoms with Crippen molar-refractivity contribution in [2.45, 2.75) is 13.1 Å². The van der Waals surface area contributed by atoms with Gasteiger partial charge in [0.25, 0.3) is 4.96 Å². The maximum absolute atomic E-state index is 12.8. The van der Waals surface area contributed by atoms with Crippen LogP contribution in [0.15, 0.2) is 24.0 Å². The molecule has 116 valence electrons. The molecule has 3 aromatic rings. The van der Waals surface area contributed by atoms with Crippen molar-refractivity contribution in [2.75, 3.05) is 11.9 Å². The van der Waals surface area contributed by atoms with Gasteiger partial charge in [-0.3, -0.25) is 4.57 Å². The lowest BCUT2D eigenvalue weighted by atomic mass is 10.5. The Morgan fingerprint density at radius 3 is 2.95 bits per heavy atom. The summed E-state index contributed by atoms with van der Waals surface area (Å²) in [6.45, 7) is -2.74. The molecule has 0 saturated carbocycles. The molecule has 0 aromatic carbocycles. The van der Waals surface area contributed by atoms with E-state index in [9.17, 15) is 18.9 Å². The quantitative estimate of drug-likeness (QED) is 0.531. The average Bonchev–Trinajstić information content (AvgIpc) is 3.11. The van der Waals surface area contributed by atoms with E-state index in [2.05, 4.69) is 9.97 Å². The van der Waals surface area contributed by atoms with Crippen molar-refractivity contribution in [3.63, 3.8) is 0 Å². The number of anilines is 1. The topological polar surface area (TPSA) is 81.5 Å². The molecule has 22 heavy (non-hydrogen) atoms. The summed E-state index contributed by atoms with van der Waals surface area (Å²) in [5, 5.41) is 12.9. The van der Waals surface area contributed by atoms with Crippen LogP contribution in [0, 0.1) is 10.1 Å². The minimum atomic E-state index is -2.72. The predicted octanol–water partition coefficient (Wildman–Crippen LogP) is 2.53. The van der Waals surface area contributed by atoms with Gasteiger partial charge in [-0.2, -0.15) is 18.2 Å². The molecule has 0 aliphatic rings. The Kier molecular flexibility index (Phi) is 3.48. The Hall–Kier alpha value is -2.56. The second kappa shape index (κ2) is 5.33. The van der Waals surface area contributed by atoms with E-state index in [1.54, 1.807) is 18.6 Å². The van der Waals surface area contributed by atoms with Crippen LogP contribution in [0.25, 0.3) is 4.96 Å². The fraction of sp³-hybridized carbons (Fsp3) is 0.273. The summed E-state index contributed by atoms with van der Waals surface area (Å²) in [6, 6.07) is 0. The molecule has 0 bridgehead atoms. The first-order valence-corrected chi connectivity index (χ1v) is 6.98. The van der Waals surface area contributed by atoms with Crippen LogP contribution in [0.2, 0.25) is 0 Å². The van der Waals surface area contributed by atoms with Gasteiger partial charge < -0.3 is 15.0 Å². The van der Waals surface area contributed by atoms with Crippen LogP contribution in [-0.4, -0.2) is 30.9 Å². The van der Waals surface area contributed by atoms with E-state index in [0.717, 1.165) is 6.20 Å². The van der Waals surface area contributed by atoms with Crippen LogP contribution in [-0.2, 0) is 6.54 Å². The zero-order valence-electron chi connectivity index (χ0n) is 11.3. The summed E-state index contributed by atoms with van der Waals surface area (Å²) in [5.74, 6) is 0.0118. The van der Waals surface area contributed by atoms with Gasteiger partial charge >= 0.3 is 12.4 Å². The highest BCUT2D eigenvalue weighted by molar-refractivity contribution is 7.15. The SMILES string of the molecule is CN(Cc1nccn1C(F)F)c1nc2sccn2c1[N+](=O)[O-]. The van der Waals surface area contributed by atoms with E-state index in [1.165, 1.54) is 26.8 Å². The Labute approximate surface area is 126 Å². The van der Waals surface area contributed by atoms with Crippen molar-refractivity contribution in [1.82, 2.24) is 18.9 Å². The second-order valence-corrected chi connectivity index (χ2v) is 5.33. The van der Waals surface area contributed by atoms with Gasteiger partial charge in [0.05, 0.1) is 6.54 Å². The summed E-state index contributed by atoms with van der Waals surface area (Å²) in [4.78, 5) is 20.7. The summed E-state index contributed by atoms with van der Waals surface area (Å²) in [7, 11) is 1.55. The zero-order chi connectivity index (χ0) is 15.9. The lowest BCUT2D eigenvalue weighted by Gasteiger charge is -2.16. The molecule has 0 fully saturated rings.